The van der Waals surface area contributed by atoms with Gasteiger partial charge in [-0.15, -0.1) is 0 Å². The van der Waals surface area contributed by atoms with Gasteiger partial charge in [-0.05, 0) is 25.0 Å². The van der Waals surface area contributed by atoms with E-state index in [1.165, 1.54) is 21.7 Å². The predicted octanol–water partition coefficient (Wildman–Crippen LogP) is 1.64. The summed E-state index contributed by atoms with van der Waals surface area (Å²) in [7, 11) is 0. The number of pyridine rings is 1. The van der Waals surface area contributed by atoms with Crippen molar-refractivity contribution < 1.29 is 18.7 Å². The van der Waals surface area contributed by atoms with Crippen molar-refractivity contribution in [2.75, 3.05) is 18.1 Å². The molecule has 3 aromatic heterocycles. The molecule has 1 fully saturated rings. The molecule has 3 aromatic rings. The van der Waals surface area contributed by atoms with Crippen molar-refractivity contribution >= 4 is 23.5 Å². The summed E-state index contributed by atoms with van der Waals surface area (Å²) in [5.74, 6) is -0.493. The van der Waals surface area contributed by atoms with Gasteiger partial charge in [-0.25, -0.2) is 18.7 Å². The van der Waals surface area contributed by atoms with Crippen LogP contribution >= 0.6 is 0 Å². The number of rotatable bonds is 0. The average molecular weight is 382 g/mol. The van der Waals surface area contributed by atoms with E-state index in [9.17, 15) is 14.0 Å². The number of carbonyl (C=O) groups is 2. The minimum Gasteiger partial charge on any atom is -0.447 e. The van der Waals surface area contributed by atoms with Crippen molar-refractivity contribution in [2.45, 2.75) is 18.9 Å². The molecule has 142 valence electrons. The quantitative estimate of drug-likeness (QED) is 0.634. The third-order valence-electron chi connectivity index (χ3n) is 4.92. The summed E-state index contributed by atoms with van der Waals surface area (Å²) in [6, 6.07) is 2.42. The van der Waals surface area contributed by atoms with Crippen LogP contribution in [0.25, 0.3) is 5.65 Å². The molecule has 10 heteroatoms. The number of fused-ring (bicyclic) bond motifs is 5. The topological polar surface area (TPSA) is 102 Å². The molecule has 2 aliphatic rings. The van der Waals surface area contributed by atoms with E-state index in [4.69, 9.17) is 4.74 Å². The van der Waals surface area contributed by atoms with Crippen LogP contribution in [0.2, 0.25) is 0 Å². The molecule has 1 saturated heterocycles. The Morgan fingerprint density at radius 2 is 2.18 bits per heavy atom. The smallest absolute Gasteiger partial charge is 0.416 e. The lowest BCUT2D eigenvalue weighted by Gasteiger charge is -2.22. The molecule has 1 N–H and O–H groups in total. The maximum atomic E-state index is 14.0. The van der Waals surface area contributed by atoms with E-state index in [1.807, 2.05) is 0 Å². The molecule has 5 heterocycles. The van der Waals surface area contributed by atoms with Crippen molar-refractivity contribution in [3.05, 3.63) is 53.4 Å². The van der Waals surface area contributed by atoms with Crippen LogP contribution in [0.5, 0.6) is 0 Å². The Bertz CT molecular complexity index is 1110. The minimum absolute atomic E-state index is 0.0626. The Hall–Kier alpha value is -3.56. The van der Waals surface area contributed by atoms with Gasteiger partial charge in [0.2, 0.25) is 0 Å². The fourth-order valence-electron chi connectivity index (χ4n) is 3.59. The molecule has 2 bridgehead atoms. The van der Waals surface area contributed by atoms with E-state index in [2.05, 4.69) is 20.4 Å². The normalized spacial score (nSPS) is 19.3. The summed E-state index contributed by atoms with van der Waals surface area (Å²) in [5.41, 5.74) is 1.87. The molecule has 5 rings (SSSR count). The van der Waals surface area contributed by atoms with Crippen LogP contribution in [0.15, 0.2) is 30.7 Å². The third kappa shape index (κ3) is 2.56. The number of hydrogen-bond acceptors (Lipinski definition) is 6. The summed E-state index contributed by atoms with van der Waals surface area (Å²) in [6.45, 7) is 0.477. The number of nitrogens with one attached hydrogen (secondary N) is 1. The van der Waals surface area contributed by atoms with Gasteiger partial charge in [-0.2, -0.15) is 5.10 Å². The highest BCUT2D eigenvalue weighted by molar-refractivity contribution is 6.00. The first-order chi connectivity index (χ1) is 13.6. The monoisotopic (exact) mass is 382 g/mol. The number of cyclic esters (lactones) is 1. The lowest BCUT2D eigenvalue weighted by atomic mass is 10.0. The number of aromatic nitrogens is 4. The van der Waals surface area contributed by atoms with Gasteiger partial charge < -0.3 is 10.1 Å². The number of ether oxygens (including phenoxy) is 1. The highest BCUT2D eigenvalue weighted by atomic mass is 19.1. The molecule has 0 spiro atoms. The Morgan fingerprint density at radius 1 is 1.29 bits per heavy atom. The van der Waals surface area contributed by atoms with Gasteiger partial charge in [-0.3, -0.25) is 14.7 Å². The van der Waals surface area contributed by atoms with E-state index in [0.29, 0.717) is 47.7 Å². The maximum Gasteiger partial charge on any atom is 0.416 e. The van der Waals surface area contributed by atoms with Crippen molar-refractivity contribution in [1.82, 2.24) is 24.9 Å². The Kier molecular flexibility index (Phi) is 3.71. The zero-order valence-electron chi connectivity index (χ0n) is 14.6. The van der Waals surface area contributed by atoms with Gasteiger partial charge in [0.25, 0.3) is 5.91 Å². The molecule has 28 heavy (non-hydrogen) atoms. The van der Waals surface area contributed by atoms with Crippen molar-refractivity contribution in [1.29, 1.82) is 0 Å². The number of amides is 2. The van der Waals surface area contributed by atoms with Crippen LogP contribution in [0.3, 0.4) is 0 Å². The average Bonchev–Trinajstić information content (AvgIpc) is 3.28. The van der Waals surface area contributed by atoms with Crippen LogP contribution < -0.4 is 10.2 Å². The van der Waals surface area contributed by atoms with E-state index in [-0.39, 0.29) is 12.5 Å². The van der Waals surface area contributed by atoms with Gasteiger partial charge in [0, 0.05) is 24.0 Å². The summed E-state index contributed by atoms with van der Waals surface area (Å²) >= 11 is 0. The van der Waals surface area contributed by atoms with E-state index < -0.39 is 18.0 Å². The maximum absolute atomic E-state index is 14.0. The van der Waals surface area contributed by atoms with Gasteiger partial charge >= 0.3 is 6.09 Å². The second-order valence-electron chi connectivity index (χ2n) is 6.62. The Labute approximate surface area is 158 Å². The zero-order chi connectivity index (χ0) is 19.3. The molecule has 0 aromatic carbocycles. The molecule has 2 amide bonds. The molecule has 0 saturated carbocycles. The number of carbonyl (C=O) groups excluding carboxylic acids is 2. The lowest BCUT2D eigenvalue weighted by Crippen LogP contribution is -2.29. The van der Waals surface area contributed by atoms with Crippen LogP contribution in [-0.4, -0.2) is 44.7 Å². The number of aryl methyl sites for hydroxylation is 1. The van der Waals surface area contributed by atoms with E-state index >= 15 is 0 Å². The molecule has 0 aliphatic carbocycles. The van der Waals surface area contributed by atoms with Crippen molar-refractivity contribution in [3.63, 3.8) is 0 Å². The molecular formula is C18H15FN6O3. The first kappa shape index (κ1) is 16.6. The van der Waals surface area contributed by atoms with Crippen LogP contribution in [0, 0.1) is 5.82 Å². The van der Waals surface area contributed by atoms with Crippen LogP contribution in [0.4, 0.5) is 15.0 Å². The number of nitrogens with zero attached hydrogens (tertiary/aromatic N) is 5. The van der Waals surface area contributed by atoms with Crippen molar-refractivity contribution in [3.8, 4) is 0 Å². The van der Waals surface area contributed by atoms with Gasteiger partial charge in [0.1, 0.15) is 29.8 Å². The highest BCUT2D eigenvalue weighted by Gasteiger charge is 2.38. The summed E-state index contributed by atoms with van der Waals surface area (Å²) in [5, 5.41) is 6.97. The summed E-state index contributed by atoms with van der Waals surface area (Å²) < 4.78 is 20.7. The minimum atomic E-state index is -0.586. The SMILES string of the molecule is O=C1NCCCc2ncc(F)cc2[C@H]2COC(=O)N2c2ccn3ncc1c3n2. The molecule has 0 unspecified atom stereocenters. The molecular weight excluding hydrogens is 367 g/mol. The number of hydrogen-bond donors (Lipinski definition) is 1. The van der Waals surface area contributed by atoms with Crippen molar-refractivity contribution in [2.24, 2.45) is 0 Å². The number of anilines is 1. The van der Waals surface area contributed by atoms with Gasteiger partial charge in [-0.1, -0.05) is 0 Å². The fraction of sp³-hybridized carbons (Fsp3) is 0.278. The lowest BCUT2D eigenvalue weighted by molar-refractivity contribution is 0.0954. The second kappa shape index (κ2) is 6.25. The largest absolute Gasteiger partial charge is 0.447 e. The van der Waals surface area contributed by atoms with Crippen LogP contribution in [0.1, 0.15) is 34.1 Å². The molecule has 1 atom stereocenters. The summed E-state index contributed by atoms with van der Waals surface area (Å²) in [6.07, 6.45) is 4.74. The van der Waals surface area contributed by atoms with Gasteiger partial charge in [0.05, 0.1) is 12.4 Å². The predicted molar refractivity (Wildman–Crippen MR) is 94.4 cm³/mol. The van der Waals surface area contributed by atoms with E-state index in [0.717, 1.165) is 6.20 Å². The third-order valence-corrected chi connectivity index (χ3v) is 4.92. The first-order valence-electron chi connectivity index (χ1n) is 8.85. The first-order valence-corrected chi connectivity index (χ1v) is 8.85. The van der Waals surface area contributed by atoms with Crippen LogP contribution in [-0.2, 0) is 11.2 Å². The fourth-order valence-corrected chi connectivity index (χ4v) is 3.59. The molecule has 9 nitrogen and oxygen atoms in total. The standard InChI is InChI=1S/C18H15FN6O3/c19-10-6-11-13(21-7-10)2-1-4-20-17(26)12-8-22-24-5-3-15(23-16(12)24)25-14(11)9-28-18(25)27/h3,5-8,14H,1-2,4,9H2,(H,20,26)/t14-/m1/s1. The Morgan fingerprint density at radius 3 is 3.07 bits per heavy atom. The molecule has 2 aliphatic heterocycles. The van der Waals surface area contributed by atoms with E-state index in [1.54, 1.807) is 12.3 Å². The number of halogens is 1. The summed E-state index contributed by atoms with van der Waals surface area (Å²) in [4.78, 5) is 35.0. The molecule has 0 radical (unpaired) electrons. The Balaban J connectivity index is 1.71. The van der Waals surface area contributed by atoms with Gasteiger partial charge in [0.15, 0.2) is 5.65 Å². The highest BCUT2D eigenvalue weighted by Crippen LogP contribution is 2.34. The zero-order valence-corrected chi connectivity index (χ0v) is 14.6. The second-order valence-corrected chi connectivity index (χ2v) is 6.62.